The number of hydrogen-bond acceptors (Lipinski definition) is 4. The number of hydrogen-bond donors (Lipinski definition) is 1. The van der Waals surface area contributed by atoms with Crippen molar-refractivity contribution in [2.45, 2.75) is 38.3 Å². The fourth-order valence-electron chi connectivity index (χ4n) is 2.42. The van der Waals surface area contributed by atoms with Gasteiger partial charge in [-0.15, -0.1) is 0 Å². The standard InChI is InChI=1S/C15H21NO3/c1-2-18-15(17)13(16)10-19-14-9-5-7-11-6-3-4-8-12(11)14/h3-4,6,8,13-14H,2,5,7,9-10,16H2,1H3. The first-order valence-electron chi connectivity index (χ1n) is 6.84. The maximum atomic E-state index is 11.4. The van der Waals surface area contributed by atoms with Crippen molar-refractivity contribution in [2.75, 3.05) is 13.2 Å². The molecule has 104 valence electrons. The lowest BCUT2D eigenvalue weighted by molar-refractivity contribution is -0.146. The van der Waals surface area contributed by atoms with E-state index in [0.29, 0.717) is 6.61 Å². The van der Waals surface area contributed by atoms with Gasteiger partial charge in [0.25, 0.3) is 0 Å². The Kier molecular flexibility index (Phi) is 4.93. The minimum atomic E-state index is -0.700. The van der Waals surface area contributed by atoms with E-state index in [0.717, 1.165) is 19.3 Å². The molecular weight excluding hydrogens is 242 g/mol. The van der Waals surface area contributed by atoms with E-state index in [1.54, 1.807) is 6.92 Å². The van der Waals surface area contributed by atoms with Gasteiger partial charge in [-0.3, -0.25) is 4.79 Å². The van der Waals surface area contributed by atoms with E-state index < -0.39 is 12.0 Å². The third kappa shape index (κ3) is 3.55. The molecule has 1 aromatic rings. The highest BCUT2D eigenvalue weighted by atomic mass is 16.5. The smallest absolute Gasteiger partial charge is 0.325 e. The molecule has 2 rings (SSSR count). The maximum Gasteiger partial charge on any atom is 0.325 e. The monoisotopic (exact) mass is 263 g/mol. The maximum absolute atomic E-state index is 11.4. The SMILES string of the molecule is CCOC(=O)C(N)COC1CCCc2ccccc21. The summed E-state index contributed by atoms with van der Waals surface area (Å²) in [6, 6.07) is 7.59. The van der Waals surface area contributed by atoms with Crippen LogP contribution >= 0.6 is 0 Å². The van der Waals surface area contributed by atoms with Gasteiger partial charge in [0, 0.05) is 0 Å². The summed E-state index contributed by atoms with van der Waals surface area (Å²) in [5, 5.41) is 0. The molecule has 0 saturated heterocycles. The van der Waals surface area contributed by atoms with Crippen molar-refractivity contribution in [3.8, 4) is 0 Å². The summed E-state index contributed by atoms with van der Waals surface area (Å²) >= 11 is 0. The fourth-order valence-corrected chi connectivity index (χ4v) is 2.42. The molecule has 1 aromatic carbocycles. The normalized spacial score (nSPS) is 19.6. The van der Waals surface area contributed by atoms with E-state index >= 15 is 0 Å². The summed E-state index contributed by atoms with van der Waals surface area (Å²) in [6.07, 6.45) is 3.23. The van der Waals surface area contributed by atoms with E-state index in [-0.39, 0.29) is 12.7 Å². The summed E-state index contributed by atoms with van der Waals surface area (Å²) in [6.45, 7) is 2.32. The Morgan fingerprint density at radius 3 is 3.05 bits per heavy atom. The fraction of sp³-hybridized carbons (Fsp3) is 0.533. The number of nitrogens with two attached hydrogens (primary N) is 1. The molecule has 0 heterocycles. The second kappa shape index (κ2) is 6.68. The second-order valence-electron chi connectivity index (χ2n) is 4.77. The quantitative estimate of drug-likeness (QED) is 0.825. The lowest BCUT2D eigenvalue weighted by Crippen LogP contribution is -2.37. The lowest BCUT2D eigenvalue weighted by Gasteiger charge is -2.26. The van der Waals surface area contributed by atoms with Gasteiger partial charge >= 0.3 is 5.97 Å². The third-order valence-electron chi connectivity index (χ3n) is 3.38. The first-order valence-corrected chi connectivity index (χ1v) is 6.84. The van der Waals surface area contributed by atoms with E-state index in [2.05, 4.69) is 12.1 Å². The summed E-state index contributed by atoms with van der Waals surface area (Å²) in [5.41, 5.74) is 8.30. The molecule has 0 aliphatic heterocycles. The van der Waals surface area contributed by atoms with Crippen LogP contribution in [0.5, 0.6) is 0 Å². The second-order valence-corrected chi connectivity index (χ2v) is 4.77. The molecule has 2 atom stereocenters. The van der Waals surface area contributed by atoms with Crippen LogP contribution in [0.4, 0.5) is 0 Å². The Balaban J connectivity index is 1.92. The molecule has 0 fully saturated rings. The molecule has 2 unspecified atom stereocenters. The minimum Gasteiger partial charge on any atom is -0.465 e. The zero-order valence-electron chi connectivity index (χ0n) is 11.3. The van der Waals surface area contributed by atoms with Gasteiger partial charge in [0.1, 0.15) is 6.04 Å². The first-order chi connectivity index (χ1) is 9.22. The van der Waals surface area contributed by atoms with Gasteiger partial charge in [-0.05, 0) is 37.3 Å². The zero-order valence-corrected chi connectivity index (χ0v) is 11.3. The minimum absolute atomic E-state index is 0.0467. The van der Waals surface area contributed by atoms with Gasteiger partial charge in [-0.2, -0.15) is 0 Å². The van der Waals surface area contributed by atoms with Crippen LogP contribution in [0.15, 0.2) is 24.3 Å². The number of aryl methyl sites for hydroxylation is 1. The predicted octanol–water partition coefficient (Wildman–Crippen LogP) is 1.97. The number of esters is 1. The van der Waals surface area contributed by atoms with E-state index in [9.17, 15) is 4.79 Å². The van der Waals surface area contributed by atoms with Crippen LogP contribution < -0.4 is 5.73 Å². The summed E-state index contributed by atoms with van der Waals surface area (Å²) in [4.78, 5) is 11.4. The van der Waals surface area contributed by atoms with Gasteiger partial charge < -0.3 is 15.2 Å². The van der Waals surface area contributed by atoms with Crippen LogP contribution in [0, 0.1) is 0 Å². The predicted molar refractivity (Wildman–Crippen MR) is 72.7 cm³/mol. The largest absolute Gasteiger partial charge is 0.465 e. The molecule has 0 radical (unpaired) electrons. The van der Waals surface area contributed by atoms with Crippen molar-refractivity contribution < 1.29 is 14.3 Å². The van der Waals surface area contributed by atoms with Crippen molar-refractivity contribution in [3.05, 3.63) is 35.4 Å². The van der Waals surface area contributed by atoms with Gasteiger partial charge in [-0.25, -0.2) is 0 Å². The number of fused-ring (bicyclic) bond motifs is 1. The van der Waals surface area contributed by atoms with Crippen LogP contribution in [0.3, 0.4) is 0 Å². The molecule has 4 heteroatoms. The lowest BCUT2D eigenvalue weighted by atomic mass is 9.89. The number of ether oxygens (including phenoxy) is 2. The van der Waals surface area contributed by atoms with E-state index in [1.807, 2.05) is 12.1 Å². The molecule has 0 amide bonds. The number of carbonyl (C=O) groups excluding carboxylic acids is 1. The van der Waals surface area contributed by atoms with Crippen LogP contribution in [-0.4, -0.2) is 25.2 Å². The summed E-state index contributed by atoms with van der Waals surface area (Å²) in [5.74, 6) is -0.397. The molecule has 0 bridgehead atoms. The number of rotatable bonds is 5. The Hall–Kier alpha value is -1.39. The summed E-state index contributed by atoms with van der Waals surface area (Å²) < 4.78 is 10.7. The Labute approximate surface area is 113 Å². The van der Waals surface area contributed by atoms with Crippen LogP contribution in [-0.2, 0) is 20.7 Å². The molecule has 4 nitrogen and oxygen atoms in total. The summed E-state index contributed by atoms with van der Waals surface area (Å²) in [7, 11) is 0. The highest BCUT2D eigenvalue weighted by Crippen LogP contribution is 2.32. The Morgan fingerprint density at radius 1 is 1.47 bits per heavy atom. The van der Waals surface area contributed by atoms with Crippen molar-refractivity contribution in [1.29, 1.82) is 0 Å². The van der Waals surface area contributed by atoms with E-state index in [4.69, 9.17) is 15.2 Å². The molecule has 1 aliphatic carbocycles. The molecule has 19 heavy (non-hydrogen) atoms. The van der Waals surface area contributed by atoms with Gasteiger partial charge in [0.15, 0.2) is 0 Å². The molecule has 0 spiro atoms. The van der Waals surface area contributed by atoms with Crippen molar-refractivity contribution in [2.24, 2.45) is 5.73 Å². The zero-order chi connectivity index (χ0) is 13.7. The van der Waals surface area contributed by atoms with Gasteiger partial charge in [0.2, 0.25) is 0 Å². The molecule has 1 aliphatic rings. The van der Waals surface area contributed by atoms with Gasteiger partial charge in [-0.1, -0.05) is 24.3 Å². The van der Waals surface area contributed by atoms with Crippen molar-refractivity contribution in [3.63, 3.8) is 0 Å². The topological polar surface area (TPSA) is 61.5 Å². The first kappa shape index (κ1) is 14.0. The van der Waals surface area contributed by atoms with Crippen LogP contribution in [0.2, 0.25) is 0 Å². The average Bonchev–Trinajstić information content (AvgIpc) is 2.45. The van der Waals surface area contributed by atoms with Crippen LogP contribution in [0.25, 0.3) is 0 Å². The highest BCUT2D eigenvalue weighted by molar-refractivity contribution is 5.75. The number of benzene rings is 1. The van der Waals surface area contributed by atoms with E-state index in [1.165, 1.54) is 11.1 Å². The molecule has 2 N–H and O–H groups in total. The Bertz CT molecular complexity index is 433. The van der Waals surface area contributed by atoms with Gasteiger partial charge in [0.05, 0.1) is 19.3 Å². The average molecular weight is 263 g/mol. The molecule has 0 saturated carbocycles. The molecular formula is C15H21NO3. The molecule has 0 aromatic heterocycles. The van der Waals surface area contributed by atoms with Crippen molar-refractivity contribution >= 4 is 5.97 Å². The highest BCUT2D eigenvalue weighted by Gasteiger charge is 2.23. The Morgan fingerprint density at radius 2 is 2.26 bits per heavy atom. The number of carbonyl (C=O) groups is 1. The van der Waals surface area contributed by atoms with Crippen LogP contribution in [0.1, 0.15) is 37.0 Å². The van der Waals surface area contributed by atoms with Crippen molar-refractivity contribution in [1.82, 2.24) is 0 Å². The third-order valence-corrected chi connectivity index (χ3v) is 3.38.